The highest BCUT2D eigenvalue weighted by molar-refractivity contribution is 6.30. The molecule has 0 saturated carbocycles. The van der Waals surface area contributed by atoms with Gasteiger partial charge in [-0.15, -0.1) is 5.10 Å². The summed E-state index contributed by atoms with van der Waals surface area (Å²) in [6.45, 7) is 4.05. The van der Waals surface area contributed by atoms with Gasteiger partial charge in [0.25, 0.3) is 5.91 Å². The van der Waals surface area contributed by atoms with E-state index in [1.54, 1.807) is 11.0 Å². The molecule has 2 bridgehead atoms. The lowest BCUT2D eigenvalue weighted by Gasteiger charge is -2.44. The first-order valence-electron chi connectivity index (χ1n) is 10.5. The SMILES string of the molecule is CC(C)n1cnc(C(=O)N2[C@@H]3CCC[C@H]2c2nn(C)c(-c4cccc(Cl)c4)c2C3)n1. The van der Waals surface area contributed by atoms with Crippen LogP contribution >= 0.6 is 11.6 Å². The number of nitrogens with zero attached hydrogens (tertiary/aromatic N) is 6. The standard InChI is InChI=1S/C22H25ClN6O/c1-13(2)28-12-24-21(26-28)22(30)29-16-8-5-9-18(29)19-17(11-16)20(27(3)25-19)14-6-4-7-15(23)10-14/h4,6-7,10,12-13,16,18H,5,8-9,11H2,1-3H3/t16-,18+/m1/s1. The smallest absolute Gasteiger partial charge is 0.294 e. The van der Waals surface area contributed by atoms with E-state index in [0.717, 1.165) is 42.6 Å². The van der Waals surface area contributed by atoms with Crippen molar-refractivity contribution in [2.45, 2.75) is 57.7 Å². The molecule has 0 radical (unpaired) electrons. The van der Waals surface area contributed by atoms with Crippen LogP contribution in [0.1, 0.15) is 67.1 Å². The van der Waals surface area contributed by atoms with Gasteiger partial charge in [-0.2, -0.15) is 5.10 Å². The zero-order valence-electron chi connectivity index (χ0n) is 17.4. The highest BCUT2D eigenvalue weighted by Gasteiger charge is 2.44. The first-order chi connectivity index (χ1) is 14.4. The molecule has 7 nitrogen and oxygen atoms in total. The second-order valence-electron chi connectivity index (χ2n) is 8.51. The van der Waals surface area contributed by atoms with E-state index in [1.807, 2.05) is 48.7 Å². The Kier molecular flexibility index (Phi) is 4.65. The highest BCUT2D eigenvalue weighted by Crippen LogP contribution is 2.45. The third-order valence-electron chi connectivity index (χ3n) is 6.24. The van der Waals surface area contributed by atoms with Gasteiger partial charge >= 0.3 is 0 Å². The number of fused-ring (bicyclic) bond motifs is 4. The Hall–Kier alpha value is -2.67. The maximum Gasteiger partial charge on any atom is 0.294 e. The number of amides is 1. The van der Waals surface area contributed by atoms with E-state index < -0.39 is 0 Å². The summed E-state index contributed by atoms with van der Waals surface area (Å²) in [6, 6.07) is 8.16. The van der Waals surface area contributed by atoms with Crippen molar-refractivity contribution in [3.63, 3.8) is 0 Å². The fourth-order valence-electron chi connectivity index (χ4n) is 4.88. The molecular weight excluding hydrogens is 400 g/mol. The summed E-state index contributed by atoms with van der Waals surface area (Å²) in [5.74, 6) is 0.180. The van der Waals surface area contributed by atoms with E-state index in [9.17, 15) is 4.79 Å². The van der Waals surface area contributed by atoms with Crippen molar-refractivity contribution in [1.82, 2.24) is 29.4 Å². The third kappa shape index (κ3) is 3.03. The number of aryl methyl sites for hydroxylation is 1. The van der Waals surface area contributed by atoms with Crippen molar-refractivity contribution < 1.29 is 4.79 Å². The molecule has 1 fully saturated rings. The Morgan fingerprint density at radius 2 is 2.07 bits per heavy atom. The first-order valence-corrected chi connectivity index (χ1v) is 10.9. The Morgan fingerprint density at radius 1 is 1.23 bits per heavy atom. The first kappa shape index (κ1) is 19.3. The molecule has 2 aliphatic heterocycles. The van der Waals surface area contributed by atoms with Crippen LogP contribution in [-0.4, -0.2) is 41.4 Å². The van der Waals surface area contributed by atoms with Crippen molar-refractivity contribution in [2.75, 3.05) is 0 Å². The number of piperidine rings is 1. The van der Waals surface area contributed by atoms with E-state index in [1.165, 1.54) is 5.56 Å². The number of benzene rings is 1. The van der Waals surface area contributed by atoms with E-state index in [-0.39, 0.29) is 29.9 Å². The minimum absolute atomic E-state index is 0.0369. The summed E-state index contributed by atoms with van der Waals surface area (Å²) >= 11 is 6.25. The molecule has 156 valence electrons. The van der Waals surface area contributed by atoms with Crippen LogP contribution in [0.5, 0.6) is 0 Å². The zero-order chi connectivity index (χ0) is 21.0. The van der Waals surface area contributed by atoms with Crippen molar-refractivity contribution in [2.24, 2.45) is 7.05 Å². The minimum Gasteiger partial charge on any atom is -0.324 e. The van der Waals surface area contributed by atoms with Crippen LogP contribution in [0.15, 0.2) is 30.6 Å². The maximum atomic E-state index is 13.4. The van der Waals surface area contributed by atoms with Crippen LogP contribution < -0.4 is 0 Å². The Morgan fingerprint density at radius 3 is 2.80 bits per heavy atom. The molecule has 1 saturated heterocycles. The van der Waals surface area contributed by atoms with Gasteiger partial charge < -0.3 is 4.90 Å². The number of carbonyl (C=O) groups is 1. The van der Waals surface area contributed by atoms with Gasteiger partial charge in [0.1, 0.15) is 6.33 Å². The van der Waals surface area contributed by atoms with Crippen LogP contribution in [-0.2, 0) is 13.5 Å². The van der Waals surface area contributed by atoms with Crippen molar-refractivity contribution in [3.05, 3.63) is 52.7 Å². The van der Waals surface area contributed by atoms with Gasteiger partial charge in [-0.3, -0.25) is 9.48 Å². The molecular formula is C22H25ClN6O. The van der Waals surface area contributed by atoms with Gasteiger partial charge in [0.2, 0.25) is 5.82 Å². The topological polar surface area (TPSA) is 68.8 Å². The van der Waals surface area contributed by atoms with Crippen molar-refractivity contribution >= 4 is 17.5 Å². The van der Waals surface area contributed by atoms with Gasteiger partial charge in [-0.25, -0.2) is 9.67 Å². The summed E-state index contributed by atoms with van der Waals surface area (Å²) in [7, 11) is 1.97. The second-order valence-corrected chi connectivity index (χ2v) is 8.94. The summed E-state index contributed by atoms with van der Waals surface area (Å²) in [6.07, 6.45) is 5.41. The Labute approximate surface area is 180 Å². The second kappa shape index (κ2) is 7.23. The lowest BCUT2D eigenvalue weighted by molar-refractivity contribution is 0.0379. The molecule has 8 heteroatoms. The average molecular weight is 425 g/mol. The maximum absolute atomic E-state index is 13.4. The summed E-state index contributed by atoms with van der Waals surface area (Å²) in [5.41, 5.74) is 4.40. The van der Waals surface area contributed by atoms with Crippen LogP contribution in [0, 0.1) is 0 Å². The highest BCUT2D eigenvalue weighted by atomic mass is 35.5. The normalized spacial score (nSPS) is 20.5. The molecule has 2 aromatic heterocycles. The zero-order valence-corrected chi connectivity index (χ0v) is 18.2. The van der Waals surface area contributed by atoms with Gasteiger partial charge in [0.15, 0.2) is 0 Å². The number of rotatable bonds is 3. The van der Waals surface area contributed by atoms with Crippen LogP contribution in [0.3, 0.4) is 0 Å². The molecule has 4 heterocycles. The number of hydrogen-bond acceptors (Lipinski definition) is 4. The molecule has 2 aliphatic rings. The van der Waals surface area contributed by atoms with Gasteiger partial charge in [0.05, 0.1) is 17.4 Å². The third-order valence-corrected chi connectivity index (χ3v) is 6.47. The summed E-state index contributed by atoms with van der Waals surface area (Å²) < 4.78 is 3.67. The van der Waals surface area contributed by atoms with E-state index in [2.05, 4.69) is 16.1 Å². The van der Waals surface area contributed by atoms with Crippen molar-refractivity contribution in [3.8, 4) is 11.3 Å². The van der Waals surface area contributed by atoms with Gasteiger partial charge in [0, 0.05) is 35.3 Å². The number of aromatic nitrogens is 5. The monoisotopic (exact) mass is 424 g/mol. The van der Waals surface area contributed by atoms with E-state index in [4.69, 9.17) is 16.7 Å². The molecule has 1 amide bonds. The minimum atomic E-state index is -0.0929. The predicted molar refractivity (Wildman–Crippen MR) is 114 cm³/mol. The average Bonchev–Trinajstić information content (AvgIpc) is 3.32. The molecule has 0 N–H and O–H groups in total. The Bertz CT molecular complexity index is 1120. The molecule has 0 aliphatic carbocycles. The van der Waals surface area contributed by atoms with E-state index >= 15 is 0 Å². The summed E-state index contributed by atoms with van der Waals surface area (Å²) in [4.78, 5) is 19.7. The summed E-state index contributed by atoms with van der Waals surface area (Å²) in [5, 5.41) is 10.0. The van der Waals surface area contributed by atoms with Crippen molar-refractivity contribution in [1.29, 1.82) is 0 Å². The molecule has 5 rings (SSSR count). The van der Waals surface area contributed by atoms with Gasteiger partial charge in [-0.05, 0) is 51.7 Å². The lowest BCUT2D eigenvalue weighted by Crippen LogP contribution is -2.50. The fraction of sp³-hybridized carbons (Fsp3) is 0.455. The molecule has 0 unspecified atom stereocenters. The predicted octanol–water partition coefficient (Wildman–Crippen LogP) is 4.21. The Balaban J connectivity index is 1.55. The number of halogens is 1. The molecule has 0 spiro atoms. The number of hydrogen-bond donors (Lipinski definition) is 0. The van der Waals surface area contributed by atoms with Crippen LogP contribution in [0.25, 0.3) is 11.3 Å². The largest absolute Gasteiger partial charge is 0.324 e. The fourth-order valence-corrected chi connectivity index (χ4v) is 5.07. The number of carbonyl (C=O) groups excluding carboxylic acids is 1. The molecule has 3 aromatic rings. The molecule has 1 aromatic carbocycles. The van der Waals surface area contributed by atoms with Crippen LogP contribution in [0.2, 0.25) is 5.02 Å². The van der Waals surface area contributed by atoms with E-state index in [0.29, 0.717) is 5.02 Å². The van der Waals surface area contributed by atoms with Gasteiger partial charge in [-0.1, -0.05) is 23.7 Å². The lowest BCUT2D eigenvalue weighted by atomic mass is 9.81. The molecule has 2 atom stereocenters. The molecule has 30 heavy (non-hydrogen) atoms. The quantitative estimate of drug-likeness (QED) is 0.631. The van der Waals surface area contributed by atoms with Crippen LogP contribution in [0.4, 0.5) is 0 Å².